The average molecular weight is 533 g/mol. The van der Waals surface area contributed by atoms with E-state index in [2.05, 4.69) is 19.6 Å². The van der Waals surface area contributed by atoms with Crippen LogP contribution in [0.3, 0.4) is 0 Å². The molecule has 0 amide bonds. The normalized spacial score (nSPS) is 34.8. The van der Waals surface area contributed by atoms with Gasteiger partial charge in [0, 0.05) is 6.42 Å². The van der Waals surface area contributed by atoms with Gasteiger partial charge in [0.2, 0.25) is 0 Å². The number of fused-ring (bicyclic) bond motifs is 1. The molecule has 4 atom stereocenters. The highest BCUT2D eigenvalue weighted by atomic mass is 19.4. The van der Waals surface area contributed by atoms with Gasteiger partial charge >= 0.3 is 12.4 Å². The number of allylic oxidation sites excluding steroid dienone is 6. The molecule has 9 heteroatoms. The van der Waals surface area contributed by atoms with Gasteiger partial charge in [0.15, 0.2) is 0 Å². The molecule has 0 aromatic carbocycles. The molecule has 3 fully saturated rings. The largest absolute Gasteiger partial charge is 0.429 e. The third-order valence-corrected chi connectivity index (χ3v) is 8.97. The molecule has 4 rings (SSSR count). The molecule has 0 aromatic heterocycles. The highest BCUT2D eigenvalue weighted by Crippen LogP contribution is 2.67. The molecular weight excluding hydrogens is 498 g/mol. The van der Waals surface area contributed by atoms with Crippen molar-refractivity contribution in [3.63, 3.8) is 0 Å². The number of aliphatic hydroxyl groups excluding tert-OH is 2. The molecule has 0 aliphatic heterocycles. The van der Waals surface area contributed by atoms with E-state index >= 15 is 0 Å². The number of halogens is 6. The lowest BCUT2D eigenvalue weighted by Gasteiger charge is -2.43. The van der Waals surface area contributed by atoms with Crippen LogP contribution >= 0.6 is 0 Å². The van der Waals surface area contributed by atoms with Gasteiger partial charge in [-0.3, -0.25) is 0 Å². The number of rotatable bonds is 5. The van der Waals surface area contributed by atoms with Gasteiger partial charge in [0.1, 0.15) is 0 Å². The molecular formula is C28H34F6O3. The predicted molar refractivity (Wildman–Crippen MR) is 127 cm³/mol. The number of alkyl halides is 6. The van der Waals surface area contributed by atoms with Crippen LogP contribution in [0.4, 0.5) is 26.3 Å². The van der Waals surface area contributed by atoms with E-state index in [1.54, 1.807) is 0 Å². The molecule has 0 bridgehead atoms. The maximum absolute atomic E-state index is 13.1. The second kappa shape index (κ2) is 9.42. The summed E-state index contributed by atoms with van der Waals surface area (Å²) in [7, 11) is 0. The maximum Gasteiger partial charge on any atom is 0.429 e. The van der Waals surface area contributed by atoms with Gasteiger partial charge in [0.25, 0.3) is 5.60 Å². The lowest BCUT2D eigenvalue weighted by molar-refractivity contribution is -0.347. The Hall–Kier alpha value is -1.84. The second-order valence-electron chi connectivity index (χ2n) is 11.4. The zero-order chi connectivity index (χ0) is 27.4. The standard InChI is InChI=1S/C28H34F6O3/c1-17-19(15-20(35)16-22(17)36)7-6-18-5-3-10-24(2)21(18)8-9-23(24)25(13-14-25)11-4-12-26(37,27(29,30)31)28(32,33)34/h4,6-7,9,12,20-22,35-37H,1,3,5,8,10-11,13-16H2,2H3/b12-4+,18-6+,19-7-/t20?,21?,22-,24-/m0/s1. The van der Waals surface area contributed by atoms with Gasteiger partial charge in [-0.2, -0.15) is 26.3 Å². The lowest BCUT2D eigenvalue weighted by atomic mass is 9.61. The molecule has 4 aliphatic carbocycles. The molecule has 0 radical (unpaired) electrons. The van der Waals surface area contributed by atoms with Crippen LogP contribution < -0.4 is 0 Å². The van der Waals surface area contributed by atoms with Crippen LogP contribution in [0.25, 0.3) is 0 Å². The van der Waals surface area contributed by atoms with Crippen molar-refractivity contribution in [1.29, 1.82) is 0 Å². The predicted octanol–water partition coefficient (Wildman–Crippen LogP) is 6.63. The van der Waals surface area contributed by atoms with Crippen LogP contribution in [-0.2, 0) is 0 Å². The van der Waals surface area contributed by atoms with E-state index in [0.29, 0.717) is 24.8 Å². The van der Waals surface area contributed by atoms with Crippen LogP contribution in [0.5, 0.6) is 0 Å². The molecule has 0 aromatic rings. The monoisotopic (exact) mass is 532 g/mol. The van der Waals surface area contributed by atoms with Gasteiger partial charge in [-0.25, -0.2) is 0 Å². The van der Waals surface area contributed by atoms with Crippen molar-refractivity contribution >= 4 is 0 Å². The van der Waals surface area contributed by atoms with Crippen molar-refractivity contribution in [2.24, 2.45) is 16.7 Å². The summed E-state index contributed by atoms with van der Waals surface area (Å²) in [5, 5.41) is 29.6. The summed E-state index contributed by atoms with van der Waals surface area (Å²) in [4.78, 5) is 0. The fourth-order valence-electron chi connectivity index (χ4n) is 6.65. The van der Waals surface area contributed by atoms with Crippen LogP contribution in [0.1, 0.15) is 64.7 Å². The Morgan fingerprint density at radius 1 is 1.05 bits per heavy atom. The smallest absolute Gasteiger partial charge is 0.393 e. The summed E-state index contributed by atoms with van der Waals surface area (Å²) in [6.07, 6.45) is -0.907. The summed E-state index contributed by atoms with van der Waals surface area (Å²) < 4.78 is 78.4. The Morgan fingerprint density at radius 3 is 2.30 bits per heavy atom. The number of hydrogen-bond acceptors (Lipinski definition) is 3. The Labute approximate surface area is 212 Å². The zero-order valence-corrected chi connectivity index (χ0v) is 20.8. The van der Waals surface area contributed by atoms with E-state index in [9.17, 15) is 41.7 Å². The third kappa shape index (κ3) is 4.99. The van der Waals surface area contributed by atoms with Crippen molar-refractivity contribution in [3.05, 3.63) is 59.3 Å². The van der Waals surface area contributed by atoms with Gasteiger partial charge < -0.3 is 15.3 Å². The quantitative estimate of drug-likeness (QED) is 0.275. The molecule has 4 aliphatic rings. The van der Waals surface area contributed by atoms with Crippen LogP contribution in [0.15, 0.2) is 59.3 Å². The van der Waals surface area contributed by atoms with Gasteiger partial charge in [-0.15, -0.1) is 0 Å². The maximum atomic E-state index is 13.1. The fourth-order valence-corrected chi connectivity index (χ4v) is 6.65. The zero-order valence-electron chi connectivity index (χ0n) is 20.8. The Bertz CT molecular complexity index is 1030. The average Bonchev–Trinajstić information content (AvgIpc) is 3.46. The molecule has 3 N–H and O–H groups in total. The van der Waals surface area contributed by atoms with E-state index in [1.165, 1.54) is 5.57 Å². The van der Waals surface area contributed by atoms with Gasteiger partial charge in [-0.1, -0.05) is 49.0 Å². The van der Waals surface area contributed by atoms with Crippen molar-refractivity contribution in [3.8, 4) is 0 Å². The first-order valence-electron chi connectivity index (χ1n) is 12.7. The third-order valence-electron chi connectivity index (χ3n) is 8.97. The molecule has 37 heavy (non-hydrogen) atoms. The second-order valence-corrected chi connectivity index (χ2v) is 11.4. The van der Waals surface area contributed by atoms with E-state index in [0.717, 1.165) is 42.9 Å². The van der Waals surface area contributed by atoms with E-state index < -0.39 is 35.6 Å². The lowest BCUT2D eigenvalue weighted by Crippen LogP contribution is -2.55. The van der Waals surface area contributed by atoms with Gasteiger partial charge in [0.05, 0.1) is 12.2 Å². The summed E-state index contributed by atoms with van der Waals surface area (Å²) in [6, 6.07) is 0. The first-order chi connectivity index (χ1) is 17.0. The minimum atomic E-state index is -5.87. The fraction of sp³-hybridized carbons (Fsp3) is 0.643. The van der Waals surface area contributed by atoms with E-state index in [4.69, 9.17) is 0 Å². The number of aliphatic hydroxyl groups is 3. The van der Waals surface area contributed by atoms with E-state index in [-0.39, 0.29) is 30.3 Å². The van der Waals surface area contributed by atoms with Crippen LogP contribution in [-0.4, -0.2) is 45.5 Å². The van der Waals surface area contributed by atoms with Crippen LogP contribution in [0, 0.1) is 16.7 Å². The first-order valence-corrected chi connectivity index (χ1v) is 12.7. The minimum Gasteiger partial charge on any atom is -0.393 e. The van der Waals surface area contributed by atoms with Crippen molar-refractivity contribution in [1.82, 2.24) is 0 Å². The van der Waals surface area contributed by atoms with Gasteiger partial charge in [-0.05, 0) is 85.3 Å². The summed E-state index contributed by atoms with van der Waals surface area (Å²) in [5.41, 5.74) is -1.88. The molecule has 2 unspecified atom stereocenters. The minimum absolute atomic E-state index is 0.00825. The molecule has 3 saturated carbocycles. The van der Waals surface area contributed by atoms with Crippen molar-refractivity contribution in [2.45, 2.75) is 94.9 Å². The van der Waals surface area contributed by atoms with E-state index in [1.807, 2.05) is 12.2 Å². The molecule has 0 saturated heterocycles. The van der Waals surface area contributed by atoms with Crippen LogP contribution in [0.2, 0.25) is 0 Å². The molecule has 206 valence electrons. The molecule has 0 spiro atoms. The summed E-state index contributed by atoms with van der Waals surface area (Å²) in [6.45, 7) is 6.08. The highest BCUT2D eigenvalue weighted by molar-refractivity contribution is 5.42. The molecule has 3 nitrogen and oxygen atoms in total. The topological polar surface area (TPSA) is 60.7 Å². The Morgan fingerprint density at radius 2 is 1.70 bits per heavy atom. The molecule has 0 heterocycles. The summed E-state index contributed by atoms with van der Waals surface area (Å²) >= 11 is 0. The highest BCUT2D eigenvalue weighted by Gasteiger charge is 2.69. The Balaban J connectivity index is 1.53. The summed E-state index contributed by atoms with van der Waals surface area (Å²) in [5.74, 6) is 0.170. The Kier molecular flexibility index (Phi) is 7.17. The first kappa shape index (κ1) is 28.2. The number of hydrogen-bond donors (Lipinski definition) is 3. The van der Waals surface area contributed by atoms with Crippen molar-refractivity contribution in [2.75, 3.05) is 0 Å². The van der Waals surface area contributed by atoms with Crippen molar-refractivity contribution < 1.29 is 41.7 Å². The SMILES string of the molecule is C=C1/C(=C\C=C2/CCC[C@]3(C)C(C4(C/C=C/C(O)(C(F)(F)F)C(F)(F)F)CC4)=CCC23)CC(O)C[C@@H]1O.